The number of carbonyl (C=O) groups is 3. The first-order valence-electron chi connectivity index (χ1n) is 5.40. The summed E-state index contributed by atoms with van der Waals surface area (Å²) in [5, 5.41) is 13.6. The summed E-state index contributed by atoms with van der Waals surface area (Å²) in [5.74, 6) is -2.19. The molecule has 0 saturated carbocycles. The number of carbonyl (C=O) groups excluding carboxylic acids is 2. The van der Waals surface area contributed by atoms with Crippen LogP contribution in [0.2, 0.25) is 0 Å². The van der Waals surface area contributed by atoms with E-state index in [4.69, 9.17) is 5.11 Å². The van der Waals surface area contributed by atoms with Gasteiger partial charge in [0.05, 0.1) is 18.6 Å². The summed E-state index contributed by atoms with van der Waals surface area (Å²) in [6.07, 6.45) is 2.98. The second-order valence-corrected chi connectivity index (χ2v) is 3.99. The van der Waals surface area contributed by atoms with Crippen molar-refractivity contribution in [1.29, 1.82) is 0 Å². The van der Waals surface area contributed by atoms with Crippen LogP contribution in [0.3, 0.4) is 0 Å². The van der Waals surface area contributed by atoms with E-state index >= 15 is 0 Å². The van der Waals surface area contributed by atoms with Crippen molar-refractivity contribution in [1.82, 2.24) is 20.6 Å². The van der Waals surface area contributed by atoms with E-state index in [1.165, 1.54) is 12.5 Å². The summed E-state index contributed by atoms with van der Waals surface area (Å²) in [6.45, 7) is -0.286. The van der Waals surface area contributed by atoms with Gasteiger partial charge in [0.1, 0.15) is 6.04 Å². The minimum Gasteiger partial charge on any atom is -0.480 e. The number of aromatic amines is 1. The molecule has 4 N–H and O–H groups in total. The highest BCUT2D eigenvalue weighted by atomic mass is 32.1. The molecule has 0 aliphatic rings. The largest absolute Gasteiger partial charge is 0.480 e. The average Bonchev–Trinajstić information content (AvgIpc) is 2.87. The van der Waals surface area contributed by atoms with Gasteiger partial charge in [-0.05, 0) is 0 Å². The number of hydrogen-bond donors (Lipinski definition) is 5. The van der Waals surface area contributed by atoms with Crippen molar-refractivity contribution in [2.24, 2.45) is 0 Å². The molecule has 0 spiro atoms. The maximum absolute atomic E-state index is 11.5. The van der Waals surface area contributed by atoms with Crippen molar-refractivity contribution in [2.45, 2.75) is 12.5 Å². The quantitative estimate of drug-likeness (QED) is 0.393. The molecule has 0 saturated heterocycles. The van der Waals surface area contributed by atoms with Gasteiger partial charge in [-0.2, -0.15) is 12.6 Å². The molecule has 19 heavy (non-hydrogen) atoms. The van der Waals surface area contributed by atoms with Gasteiger partial charge in [-0.15, -0.1) is 0 Å². The van der Waals surface area contributed by atoms with Crippen LogP contribution < -0.4 is 10.6 Å². The third kappa shape index (κ3) is 5.42. The molecule has 0 aromatic carbocycles. The number of aromatic nitrogens is 2. The van der Waals surface area contributed by atoms with Crippen LogP contribution in [0.15, 0.2) is 12.5 Å². The van der Waals surface area contributed by atoms with Crippen LogP contribution >= 0.6 is 12.6 Å². The second-order valence-electron chi connectivity index (χ2n) is 3.67. The molecule has 0 bridgehead atoms. The van der Waals surface area contributed by atoms with E-state index in [2.05, 4.69) is 33.2 Å². The normalized spacial score (nSPS) is 11.6. The first-order chi connectivity index (χ1) is 9.02. The molecule has 1 rings (SSSR count). The average molecular weight is 286 g/mol. The van der Waals surface area contributed by atoms with Crippen molar-refractivity contribution >= 4 is 30.4 Å². The molecular weight excluding hydrogens is 272 g/mol. The van der Waals surface area contributed by atoms with E-state index < -0.39 is 23.8 Å². The molecule has 0 aliphatic carbocycles. The molecule has 0 radical (unpaired) electrons. The Morgan fingerprint density at radius 2 is 2.16 bits per heavy atom. The van der Waals surface area contributed by atoms with E-state index in [1.807, 2.05) is 0 Å². The van der Waals surface area contributed by atoms with Gasteiger partial charge < -0.3 is 20.7 Å². The van der Waals surface area contributed by atoms with Crippen LogP contribution in [-0.2, 0) is 20.8 Å². The molecule has 2 amide bonds. The van der Waals surface area contributed by atoms with Gasteiger partial charge in [0.25, 0.3) is 0 Å². The number of carboxylic acids is 1. The Hall–Kier alpha value is -2.03. The van der Waals surface area contributed by atoms with Crippen molar-refractivity contribution in [3.05, 3.63) is 18.2 Å². The molecule has 1 aromatic heterocycles. The van der Waals surface area contributed by atoms with Crippen LogP contribution in [0.1, 0.15) is 5.69 Å². The van der Waals surface area contributed by atoms with Crippen LogP contribution in [-0.4, -0.2) is 51.2 Å². The molecule has 9 heteroatoms. The highest BCUT2D eigenvalue weighted by Gasteiger charge is 2.21. The Morgan fingerprint density at radius 1 is 1.42 bits per heavy atom. The lowest BCUT2D eigenvalue weighted by Crippen LogP contribution is -2.46. The molecule has 1 aromatic rings. The van der Waals surface area contributed by atoms with E-state index in [1.54, 1.807) is 0 Å². The number of imidazole rings is 1. The highest BCUT2D eigenvalue weighted by Crippen LogP contribution is 1.98. The van der Waals surface area contributed by atoms with Crippen molar-refractivity contribution in [2.75, 3.05) is 12.3 Å². The molecule has 1 heterocycles. The lowest BCUT2D eigenvalue weighted by Gasteiger charge is -2.13. The highest BCUT2D eigenvalue weighted by molar-refractivity contribution is 7.81. The van der Waals surface area contributed by atoms with Crippen LogP contribution in [0.4, 0.5) is 0 Å². The smallest absolute Gasteiger partial charge is 0.326 e. The van der Waals surface area contributed by atoms with E-state index in [0.717, 1.165) is 0 Å². The van der Waals surface area contributed by atoms with Crippen LogP contribution in [0, 0.1) is 0 Å². The summed E-state index contributed by atoms with van der Waals surface area (Å²) in [6, 6.07) is -1.08. The number of carboxylic acid groups (broad SMARTS) is 1. The third-order valence-corrected chi connectivity index (χ3v) is 2.49. The van der Waals surface area contributed by atoms with E-state index in [-0.39, 0.29) is 18.7 Å². The van der Waals surface area contributed by atoms with Gasteiger partial charge in [-0.3, -0.25) is 9.59 Å². The fraction of sp³-hybridized carbons (Fsp3) is 0.400. The maximum atomic E-state index is 11.5. The Balaban J connectivity index is 2.47. The number of aliphatic carboxylic acids is 1. The maximum Gasteiger partial charge on any atom is 0.326 e. The number of H-pyrrole nitrogens is 1. The Labute approximate surface area is 114 Å². The summed E-state index contributed by atoms with van der Waals surface area (Å²) >= 11 is 3.73. The lowest BCUT2D eigenvalue weighted by molar-refractivity contribution is -0.141. The Bertz CT molecular complexity index is 448. The number of hydrogen-bond acceptors (Lipinski definition) is 5. The Kier molecular flexibility index (Phi) is 5.86. The summed E-state index contributed by atoms with van der Waals surface area (Å²) in [4.78, 5) is 39.9. The van der Waals surface area contributed by atoms with Gasteiger partial charge in [-0.1, -0.05) is 0 Å². The number of thiol groups is 1. The standard InChI is InChI=1S/C10H14N4O4S/c15-8(3-12-9(16)4-19)14-7(10(17)18)1-6-2-11-5-13-6/h2,5,7,19H,1,3-4H2,(H,11,13)(H,12,16)(H,14,15)(H,17,18). The molecule has 0 fully saturated rings. The number of nitrogens with zero attached hydrogens (tertiary/aromatic N) is 1. The van der Waals surface area contributed by atoms with Crippen molar-refractivity contribution in [3.63, 3.8) is 0 Å². The van der Waals surface area contributed by atoms with Gasteiger partial charge in [0.2, 0.25) is 11.8 Å². The first-order valence-corrected chi connectivity index (χ1v) is 6.03. The predicted molar refractivity (Wildman–Crippen MR) is 68.7 cm³/mol. The molecular formula is C10H14N4O4S. The molecule has 1 unspecified atom stereocenters. The Morgan fingerprint density at radius 3 is 2.68 bits per heavy atom. The first kappa shape index (κ1) is 15.0. The van der Waals surface area contributed by atoms with Crippen LogP contribution in [0.25, 0.3) is 0 Å². The van der Waals surface area contributed by atoms with Crippen molar-refractivity contribution < 1.29 is 19.5 Å². The SMILES string of the molecule is O=C(CS)NCC(=O)NC(Cc1cnc[nH]1)C(=O)O. The number of amides is 2. The van der Waals surface area contributed by atoms with E-state index in [9.17, 15) is 14.4 Å². The molecule has 1 atom stereocenters. The second kappa shape index (κ2) is 7.41. The topological polar surface area (TPSA) is 124 Å². The van der Waals surface area contributed by atoms with Gasteiger partial charge in [0, 0.05) is 18.3 Å². The summed E-state index contributed by atoms with van der Waals surface area (Å²) in [5.41, 5.74) is 0.590. The van der Waals surface area contributed by atoms with Gasteiger partial charge >= 0.3 is 5.97 Å². The fourth-order valence-electron chi connectivity index (χ4n) is 1.30. The zero-order valence-electron chi connectivity index (χ0n) is 9.92. The van der Waals surface area contributed by atoms with Crippen molar-refractivity contribution in [3.8, 4) is 0 Å². The fourth-order valence-corrected chi connectivity index (χ4v) is 1.41. The zero-order valence-corrected chi connectivity index (χ0v) is 10.8. The summed E-state index contributed by atoms with van der Waals surface area (Å²) in [7, 11) is 0. The lowest BCUT2D eigenvalue weighted by atomic mass is 10.1. The number of rotatable bonds is 7. The minimum absolute atomic E-state index is 0.0379. The molecule has 0 aliphatic heterocycles. The molecule has 8 nitrogen and oxygen atoms in total. The monoisotopic (exact) mass is 286 g/mol. The number of nitrogens with one attached hydrogen (secondary N) is 3. The van der Waals surface area contributed by atoms with Gasteiger partial charge in [0.15, 0.2) is 0 Å². The van der Waals surface area contributed by atoms with Gasteiger partial charge in [-0.25, -0.2) is 9.78 Å². The van der Waals surface area contributed by atoms with E-state index in [0.29, 0.717) is 5.69 Å². The molecule has 104 valence electrons. The predicted octanol–water partition coefficient (Wildman–Crippen LogP) is -1.43. The minimum atomic E-state index is -1.16. The van der Waals surface area contributed by atoms with Crippen LogP contribution in [0.5, 0.6) is 0 Å². The zero-order chi connectivity index (χ0) is 14.3. The third-order valence-electron chi connectivity index (χ3n) is 2.20. The summed E-state index contributed by atoms with van der Waals surface area (Å²) < 4.78 is 0.